The lowest BCUT2D eigenvalue weighted by molar-refractivity contribution is 0.233. The molecule has 2 rings (SSSR count). The molecule has 1 heterocycles. The van der Waals surface area contributed by atoms with Gasteiger partial charge in [-0.15, -0.1) is 0 Å². The lowest BCUT2D eigenvalue weighted by Crippen LogP contribution is -2.15. The largest absolute Gasteiger partial charge is 0.489 e. The highest BCUT2D eigenvalue weighted by Gasteiger charge is 2.08. The minimum absolute atomic E-state index is 0.000926. The van der Waals surface area contributed by atoms with Crippen LogP contribution >= 0.6 is 0 Å². The Balaban J connectivity index is 1.86. The molecule has 1 aromatic heterocycles. The third kappa shape index (κ3) is 4.54. The first-order valence-electron chi connectivity index (χ1n) is 6.85. The monoisotopic (exact) mass is 309 g/mol. The van der Waals surface area contributed by atoms with Crippen molar-refractivity contribution in [3.05, 3.63) is 42.2 Å². The highest BCUT2D eigenvalue weighted by Crippen LogP contribution is 2.19. The van der Waals surface area contributed by atoms with Gasteiger partial charge in [0.1, 0.15) is 12.4 Å². The third-order valence-electron chi connectivity index (χ3n) is 2.56. The molecule has 0 bridgehead atoms. The Morgan fingerprint density at radius 3 is 2.68 bits per heavy atom. The second-order valence-electron chi connectivity index (χ2n) is 4.73. The molecule has 0 aliphatic heterocycles. The van der Waals surface area contributed by atoms with Gasteiger partial charge in [0.2, 0.25) is 0 Å². The standard InChI is InChI=1S/C15H17F2N3O2/c1-10(2)22-15-14(18-5-6-20-15)19-7-8-21-13-4-3-11(16)9-12(13)17/h3-6,9-10H,7-8H2,1-2H3,(H,18,19). The number of aromatic nitrogens is 2. The van der Waals surface area contributed by atoms with Crippen molar-refractivity contribution < 1.29 is 18.3 Å². The van der Waals surface area contributed by atoms with Gasteiger partial charge in [-0.3, -0.25) is 0 Å². The first-order chi connectivity index (χ1) is 10.6. The second kappa shape index (κ2) is 7.53. The van der Waals surface area contributed by atoms with E-state index < -0.39 is 11.6 Å². The van der Waals surface area contributed by atoms with E-state index in [1.807, 2.05) is 13.8 Å². The van der Waals surface area contributed by atoms with Crippen molar-refractivity contribution in [1.29, 1.82) is 0 Å². The molecule has 118 valence electrons. The fourth-order valence-corrected chi connectivity index (χ4v) is 1.68. The normalized spacial score (nSPS) is 10.6. The summed E-state index contributed by atoms with van der Waals surface area (Å²) in [6, 6.07) is 3.17. The van der Waals surface area contributed by atoms with E-state index in [-0.39, 0.29) is 18.5 Å². The zero-order chi connectivity index (χ0) is 15.9. The number of benzene rings is 1. The Kier molecular flexibility index (Phi) is 5.46. The molecule has 22 heavy (non-hydrogen) atoms. The number of nitrogens with zero attached hydrogens (tertiary/aromatic N) is 2. The summed E-state index contributed by atoms with van der Waals surface area (Å²) in [4.78, 5) is 8.22. The molecule has 0 saturated heterocycles. The third-order valence-corrected chi connectivity index (χ3v) is 2.56. The molecular formula is C15H17F2N3O2. The van der Waals surface area contributed by atoms with E-state index in [0.717, 1.165) is 12.1 Å². The van der Waals surface area contributed by atoms with Crippen molar-refractivity contribution >= 4 is 5.82 Å². The van der Waals surface area contributed by atoms with Crippen molar-refractivity contribution in [3.63, 3.8) is 0 Å². The number of hydrogen-bond donors (Lipinski definition) is 1. The number of halogens is 2. The Morgan fingerprint density at radius 2 is 1.95 bits per heavy atom. The van der Waals surface area contributed by atoms with E-state index in [4.69, 9.17) is 9.47 Å². The molecule has 0 spiro atoms. The molecule has 5 nitrogen and oxygen atoms in total. The van der Waals surface area contributed by atoms with E-state index >= 15 is 0 Å². The lowest BCUT2D eigenvalue weighted by Gasteiger charge is -2.13. The summed E-state index contributed by atoms with van der Waals surface area (Å²) in [5.74, 6) is -0.493. The summed E-state index contributed by atoms with van der Waals surface area (Å²) in [7, 11) is 0. The quantitative estimate of drug-likeness (QED) is 0.797. The highest BCUT2D eigenvalue weighted by molar-refractivity contribution is 5.44. The van der Waals surface area contributed by atoms with Gasteiger partial charge >= 0.3 is 0 Å². The molecule has 0 aliphatic carbocycles. The molecule has 1 N–H and O–H groups in total. The molecule has 7 heteroatoms. The maximum atomic E-state index is 13.4. The lowest BCUT2D eigenvalue weighted by atomic mass is 10.3. The predicted octanol–water partition coefficient (Wildman–Crippen LogP) is 3.03. The van der Waals surface area contributed by atoms with Crippen LogP contribution < -0.4 is 14.8 Å². The van der Waals surface area contributed by atoms with E-state index in [0.29, 0.717) is 18.2 Å². The molecule has 0 saturated carbocycles. The van der Waals surface area contributed by atoms with Crippen LogP contribution in [0.25, 0.3) is 0 Å². The van der Waals surface area contributed by atoms with Gasteiger partial charge in [0.05, 0.1) is 12.6 Å². The highest BCUT2D eigenvalue weighted by atomic mass is 19.1. The summed E-state index contributed by atoms with van der Waals surface area (Å²) in [6.07, 6.45) is 3.05. The summed E-state index contributed by atoms with van der Waals surface area (Å²) in [5.41, 5.74) is 0. The first kappa shape index (κ1) is 15.9. The van der Waals surface area contributed by atoms with Gasteiger partial charge in [0.25, 0.3) is 5.88 Å². The SMILES string of the molecule is CC(C)Oc1nccnc1NCCOc1ccc(F)cc1F. The Bertz CT molecular complexity index is 623. The van der Waals surface area contributed by atoms with Gasteiger partial charge in [-0.2, -0.15) is 0 Å². The summed E-state index contributed by atoms with van der Waals surface area (Å²) in [5, 5.41) is 3.00. The molecule has 0 fully saturated rings. The van der Waals surface area contributed by atoms with Crippen molar-refractivity contribution in [2.45, 2.75) is 20.0 Å². The fourth-order valence-electron chi connectivity index (χ4n) is 1.68. The van der Waals surface area contributed by atoms with Crippen LogP contribution in [0.5, 0.6) is 11.6 Å². The van der Waals surface area contributed by atoms with Gasteiger partial charge in [-0.1, -0.05) is 0 Å². The predicted molar refractivity (Wildman–Crippen MR) is 78.1 cm³/mol. The maximum Gasteiger partial charge on any atom is 0.257 e. The molecule has 1 aromatic carbocycles. The Morgan fingerprint density at radius 1 is 1.18 bits per heavy atom. The van der Waals surface area contributed by atoms with Crippen LogP contribution in [-0.4, -0.2) is 29.2 Å². The van der Waals surface area contributed by atoms with Crippen LogP contribution in [0.1, 0.15) is 13.8 Å². The molecule has 0 amide bonds. The van der Waals surface area contributed by atoms with Gasteiger partial charge in [0, 0.05) is 18.5 Å². The summed E-state index contributed by atoms with van der Waals surface area (Å²) in [6.45, 7) is 4.32. The smallest absolute Gasteiger partial charge is 0.257 e. The first-order valence-corrected chi connectivity index (χ1v) is 6.85. The maximum absolute atomic E-state index is 13.4. The Hall–Kier alpha value is -2.44. The van der Waals surface area contributed by atoms with Gasteiger partial charge in [-0.25, -0.2) is 18.7 Å². The average molecular weight is 309 g/mol. The fraction of sp³-hybridized carbons (Fsp3) is 0.333. The number of nitrogens with one attached hydrogen (secondary N) is 1. The zero-order valence-electron chi connectivity index (χ0n) is 12.3. The van der Waals surface area contributed by atoms with Crippen LogP contribution in [0.15, 0.2) is 30.6 Å². The van der Waals surface area contributed by atoms with E-state index in [1.54, 1.807) is 0 Å². The Labute approximate surface area is 127 Å². The minimum atomic E-state index is -0.733. The van der Waals surface area contributed by atoms with Gasteiger partial charge < -0.3 is 14.8 Å². The average Bonchev–Trinajstić information content (AvgIpc) is 2.46. The summed E-state index contributed by atoms with van der Waals surface area (Å²) < 4.78 is 36.9. The zero-order valence-corrected chi connectivity index (χ0v) is 12.3. The van der Waals surface area contributed by atoms with Crippen molar-refractivity contribution in [3.8, 4) is 11.6 Å². The number of anilines is 1. The molecule has 0 unspecified atom stereocenters. The van der Waals surface area contributed by atoms with E-state index in [9.17, 15) is 8.78 Å². The molecule has 0 aliphatic rings. The van der Waals surface area contributed by atoms with Crippen LogP contribution in [0.2, 0.25) is 0 Å². The van der Waals surface area contributed by atoms with Gasteiger partial charge in [-0.05, 0) is 26.0 Å². The second-order valence-corrected chi connectivity index (χ2v) is 4.73. The van der Waals surface area contributed by atoms with Crippen LogP contribution in [0.4, 0.5) is 14.6 Å². The van der Waals surface area contributed by atoms with Crippen LogP contribution in [-0.2, 0) is 0 Å². The number of ether oxygens (including phenoxy) is 2. The number of rotatable bonds is 7. The molecule has 0 atom stereocenters. The van der Waals surface area contributed by atoms with Crippen molar-refractivity contribution in [2.24, 2.45) is 0 Å². The minimum Gasteiger partial charge on any atom is -0.489 e. The topological polar surface area (TPSA) is 56.3 Å². The molecule has 0 radical (unpaired) electrons. The van der Waals surface area contributed by atoms with Crippen LogP contribution in [0, 0.1) is 11.6 Å². The van der Waals surface area contributed by atoms with Gasteiger partial charge in [0.15, 0.2) is 17.4 Å². The van der Waals surface area contributed by atoms with Crippen LogP contribution in [0.3, 0.4) is 0 Å². The molecular weight excluding hydrogens is 292 g/mol. The van der Waals surface area contributed by atoms with E-state index in [1.165, 1.54) is 18.5 Å². The molecule has 2 aromatic rings. The van der Waals surface area contributed by atoms with E-state index in [2.05, 4.69) is 15.3 Å². The summed E-state index contributed by atoms with van der Waals surface area (Å²) >= 11 is 0. The van der Waals surface area contributed by atoms with Crippen molar-refractivity contribution in [1.82, 2.24) is 9.97 Å². The number of hydrogen-bond acceptors (Lipinski definition) is 5. The van der Waals surface area contributed by atoms with Crippen molar-refractivity contribution in [2.75, 3.05) is 18.5 Å².